The van der Waals surface area contributed by atoms with Crippen LogP contribution < -0.4 is 5.11 Å². The molecular formula is C51H87NO7. The first-order chi connectivity index (χ1) is 28.6. The van der Waals surface area contributed by atoms with Gasteiger partial charge in [0, 0.05) is 19.3 Å². The molecule has 0 aromatic heterocycles. The normalized spacial score (nSPS) is 13.6. The molecule has 0 aromatic carbocycles. The van der Waals surface area contributed by atoms with Crippen molar-refractivity contribution < 1.29 is 38.2 Å². The number of carbonyl (C=O) groups excluding carboxylic acids is 3. The smallest absolute Gasteiger partial charge is 0.306 e. The summed E-state index contributed by atoms with van der Waals surface area (Å²) in [4.78, 5) is 36.9. The Balaban J connectivity index is 4.38. The van der Waals surface area contributed by atoms with Gasteiger partial charge in [-0.05, 0) is 32.1 Å². The van der Waals surface area contributed by atoms with Crippen molar-refractivity contribution in [3.05, 3.63) is 72.9 Å². The first-order valence-electron chi connectivity index (χ1n) is 23.5. The van der Waals surface area contributed by atoms with Crippen molar-refractivity contribution in [1.82, 2.24) is 0 Å². The lowest BCUT2D eigenvalue weighted by Crippen LogP contribution is -2.55. The van der Waals surface area contributed by atoms with E-state index in [4.69, 9.17) is 14.2 Å². The minimum absolute atomic E-state index is 0.0204. The lowest BCUT2D eigenvalue weighted by Gasteiger charge is -2.34. The fourth-order valence-corrected chi connectivity index (χ4v) is 6.63. The molecule has 0 aliphatic rings. The molecule has 0 N–H and O–H groups in total. The van der Waals surface area contributed by atoms with Crippen LogP contribution in [0.15, 0.2) is 72.9 Å². The van der Waals surface area contributed by atoms with Crippen LogP contribution in [-0.4, -0.2) is 75.5 Å². The molecule has 0 rings (SSSR count). The molecule has 338 valence electrons. The molecule has 8 heteroatoms. The largest absolute Gasteiger partial charge is 0.544 e. The average Bonchev–Trinajstić information content (AvgIpc) is 3.19. The summed E-state index contributed by atoms with van der Waals surface area (Å²) in [5.74, 6) is -1.79. The molecule has 0 aliphatic heterocycles. The molecule has 0 heterocycles. The fourth-order valence-electron chi connectivity index (χ4n) is 6.63. The molecule has 2 atom stereocenters. The number of aliphatic carboxylic acids is 1. The number of hydrogen-bond donors (Lipinski definition) is 0. The van der Waals surface area contributed by atoms with E-state index in [1.165, 1.54) is 96.3 Å². The Labute approximate surface area is 361 Å². The molecule has 0 fully saturated rings. The van der Waals surface area contributed by atoms with Gasteiger partial charge in [-0.25, -0.2) is 0 Å². The summed E-state index contributed by atoms with van der Waals surface area (Å²) in [7, 11) is 5.39. The third kappa shape index (κ3) is 40.0. The standard InChI is InChI=1S/C51H87NO7/c1-6-8-10-12-14-16-18-20-22-24-26-27-29-31-33-35-37-39-41-49(53)58-46-47(45-57-44-43-48(51(55)56)52(3,4)5)59-50(54)42-40-38-36-34-32-30-28-25-23-21-19-17-15-13-11-9-7-2/h9,11,13,15,17,19,21,23,25,28,30,32,47-48H,6-8,10,12,14,16,18,20,22,24,26-27,29,31,33-46H2,1-5H3/b11-9+,15-13+,19-17+,23-21+,28-25+,32-30+. The highest BCUT2D eigenvalue weighted by atomic mass is 16.6. The Morgan fingerprint density at radius 3 is 1.41 bits per heavy atom. The van der Waals surface area contributed by atoms with E-state index in [1.807, 2.05) is 60.8 Å². The predicted octanol–water partition coefficient (Wildman–Crippen LogP) is 11.8. The Kier molecular flexibility index (Phi) is 39.2. The van der Waals surface area contributed by atoms with Crippen LogP contribution in [0.25, 0.3) is 0 Å². The summed E-state index contributed by atoms with van der Waals surface area (Å²) in [6.45, 7) is 4.47. The Morgan fingerprint density at radius 1 is 0.525 bits per heavy atom. The van der Waals surface area contributed by atoms with Gasteiger partial charge in [0.1, 0.15) is 12.6 Å². The third-order valence-electron chi connectivity index (χ3n) is 10.3. The second-order valence-electron chi connectivity index (χ2n) is 16.8. The SMILES string of the molecule is CC/C=C/C=C/C=C/C=C/C=C/C=C/CCCCCC(=O)OC(COCCC(C(=O)[O-])[N+](C)(C)C)COC(=O)CCCCCCCCCCCCCCCCCCCC. The Bertz CT molecular complexity index is 1190. The van der Waals surface area contributed by atoms with Crippen molar-refractivity contribution in [3.8, 4) is 0 Å². The van der Waals surface area contributed by atoms with Gasteiger partial charge in [-0.3, -0.25) is 9.59 Å². The van der Waals surface area contributed by atoms with Crippen LogP contribution in [0.3, 0.4) is 0 Å². The summed E-state index contributed by atoms with van der Waals surface area (Å²) in [6, 6.07) is -0.737. The Morgan fingerprint density at radius 2 is 0.949 bits per heavy atom. The maximum absolute atomic E-state index is 12.7. The number of hydrogen-bond acceptors (Lipinski definition) is 7. The first-order valence-corrected chi connectivity index (χ1v) is 23.5. The fraction of sp³-hybridized carbons (Fsp3) is 0.706. The molecule has 0 aliphatic carbocycles. The van der Waals surface area contributed by atoms with E-state index in [0.717, 1.165) is 44.9 Å². The summed E-state index contributed by atoms with van der Waals surface area (Å²) in [5, 5.41) is 11.6. The summed E-state index contributed by atoms with van der Waals surface area (Å²) in [6.07, 6.45) is 52.1. The van der Waals surface area contributed by atoms with Crippen molar-refractivity contribution in [2.45, 2.75) is 193 Å². The summed E-state index contributed by atoms with van der Waals surface area (Å²) >= 11 is 0. The van der Waals surface area contributed by atoms with Gasteiger partial charge in [0.2, 0.25) is 0 Å². The molecule has 0 aromatic rings. The average molecular weight is 826 g/mol. The first kappa shape index (κ1) is 55.8. The van der Waals surface area contributed by atoms with E-state index < -0.39 is 18.1 Å². The van der Waals surface area contributed by atoms with Gasteiger partial charge >= 0.3 is 11.9 Å². The third-order valence-corrected chi connectivity index (χ3v) is 10.3. The minimum atomic E-state index is -1.13. The second-order valence-corrected chi connectivity index (χ2v) is 16.8. The van der Waals surface area contributed by atoms with Crippen LogP contribution in [0.5, 0.6) is 0 Å². The van der Waals surface area contributed by atoms with Crippen molar-refractivity contribution in [2.75, 3.05) is 41.0 Å². The highest BCUT2D eigenvalue weighted by Crippen LogP contribution is 2.15. The number of unbranched alkanes of at least 4 members (excludes halogenated alkanes) is 20. The van der Waals surface area contributed by atoms with Gasteiger partial charge < -0.3 is 28.6 Å². The second kappa shape index (κ2) is 41.5. The Hall–Kier alpha value is -3.23. The van der Waals surface area contributed by atoms with Crippen molar-refractivity contribution in [1.29, 1.82) is 0 Å². The maximum Gasteiger partial charge on any atom is 0.306 e. The maximum atomic E-state index is 12.7. The predicted molar refractivity (Wildman–Crippen MR) is 245 cm³/mol. The zero-order valence-electron chi connectivity index (χ0n) is 38.4. The van der Waals surface area contributed by atoms with Gasteiger partial charge in [0.05, 0.1) is 40.3 Å². The highest BCUT2D eigenvalue weighted by Gasteiger charge is 2.25. The molecule has 59 heavy (non-hydrogen) atoms. The number of quaternary nitrogens is 1. The van der Waals surface area contributed by atoms with Crippen molar-refractivity contribution in [2.24, 2.45) is 0 Å². The van der Waals surface area contributed by atoms with Crippen LogP contribution >= 0.6 is 0 Å². The van der Waals surface area contributed by atoms with Gasteiger partial charge in [-0.1, -0.05) is 202 Å². The van der Waals surface area contributed by atoms with E-state index in [1.54, 1.807) is 21.1 Å². The number of likely N-dealkylation sites (N-methyl/N-ethyl adjacent to an activating group) is 1. The zero-order chi connectivity index (χ0) is 43.5. The van der Waals surface area contributed by atoms with Gasteiger partial charge in [0.15, 0.2) is 6.10 Å². The van der Waals surface area contributed by atoms with E-state index >= 15 is 0 Å². The topological polar surface area (TPSA) is 102 Å². The van der Waals surface area contributed by atoms with Crippen LogP contribution in [0, 0.1) is 0 Å². The molecule has 8 nitrogen and oxygen atoms in total. The van der Waals surface area contributed by atoms with Crippen LogP contribution in [0.1, 0.15) is 181 Å². The van der Waals surface area contributed by atoms with Crippen LogP contribution in [0.2, 0.25) is 0 Å². The zero-order valence-corrected chi connectivity index (χ0v) is 38.4. The number of rotatable bonds is 41. The quantitative estimate of drug-likeness (QED) is 0.0262. The number of carboxylic acids is 1. The summed E-state index contributed by atoms with van der Waals surface area (Å²) < 4.78 is 17.2. The molecule has 0 radical (unpaired) electrons. The number of carbonyl (C=O) groups is 3. The number of esters is 2. The molecule has 0 spiro atoms. The van der Waals surface area contributed by atoms with Crippen molar-refractivity contribution >= 4 is 17.9 Å². The number of nitrogens with zero attached hydrogens (tertiary/aromatic N) is 1. The molecule has 0 bridgehead atoms. The van der Waals surface area contributed by atoms with E-state index in [2.05, 4.69) is 26.0 Å². The lowest BCUT2D eigenvalue weighted by molar-refractivity contribution is -0.889. The number of ether oxygens (including phenoxy) is 3. The molecule has 0 amide bonds. The van der Waals surface area contributed by atoms with Gasteiger partial charge in [-0.15, -0.1) is 0 Å². The van der Waals surface area contributed by atoms with E-state index in [0.29, 0.717) is 12.8 Å². The molecule has 0 saturated heterocycles. The van der Waals surface area contributed by atoms with Crippen LogP contribution in [0.4, 0.5) is 0 Å². The summed E-state index contributed by atoms with van der Waals surface area (Å²) in [5.41, 5.74) is 0. The number of carboxylic acid groups (broad SMARTS) is 1. The van der Waals surface area contributed by atoms with Crippen LogP contribution in [-0.2, 0) is 28.6 Å². The molecule has 2 unspecified atom stereocenters. The van der Waals surface area contributed by atoms with Crippen molar-refractivity contribution in [3.63, 3.8) is 0 Å². The monoisotopic (exact) mass is 826 g/mol. The minimum Gasteiger partial charge on any atom is -0.544 e. The number of allylic oxidation sites excluding steroid dienone is 12. The lowest BCUT2D eigenvalue weighted by atomic mass is 10.0. The van der Waals surface area contributed by atoms with Gasteiger partial charge in [-0.2, -0.15) is 0 Å². The molecular weight excluding hydrogens is 739 g/mol. The van der Waals surface area contributed by atoms with E-state index in [9.17, 15) is 19.5 Å². The van der Waals surface area contributed by atoms with Gasteiger partial charge in [0.25, 0.3) is 0 Å². The van der Waals surface area contributed by atoms with E-state index in [-0.39, 0.29) is 49.1 Å². The molecule has 0 saturated carbocycles. The highest BCUT2D eigenvalue weighted by molar-refractivity contribution is 5.70.